The first-order valence-corrected chi connectivity index (χ1v) is 13.4. The average molecular weight is 529 g/mol. The fourth-order valence-electron chi connectivity index (χ4n) is 4.94. The van der Waals surface area contributed by atoms with Crippen molar-refractivity contribution < 1.29 is 9.53 Å². The van der Waals surface area contributed by atoms with Crippen molar-refractivity contribution in [2.45, 2.75) is 12.5 Å². The monoisotopic (exact) mass is 528 g/mol. The molecule has 4 heterocycles. The molecular weight excluding hydrogens is 492 g/mol. The number of methoxy groups -OCH3 is 1. The first-order chi connectivity index (χ1) is 19.2. The number of hydrogen-bond donors (Lipinski definition) is 3. The van der Waals surface area contributed by atoms with E-state index in [2.05, 4.69) is 60.0 Å². The SMILES string of the molecule is CNc1ncc(-c2cc3c(c(Nc4ccc(CCN5CCN(CCOC)CC5)cc4)n2)C(C=O)NC=C3)cn1. The Kier molecular flexibility index (Phi) is 8.77. The highest BCUT2D eigenvalue weighted by Gasteiger charge is 2.23. The number of benzene rings is 1. The predicted octanol–water partition coefficient (Wildman–Crippen LogP) is 2.94. The smallest absolute Gasteiger partial charge is 0.222 e. The molecule has 0 bridgehead atoms. The van der Waals surface area contributed by atoms with Gasteiger partial charge in [0.15, 0.2) is 0 Å². The Morgan fingerprint density at radius 2 is 1.79 bits per heavy atom. The number of carbonyl (C=O) groups excluding carboxylic acids is 1. The van der Waals surface area contributed by atoms with Crippen LogP contribution in [0.15, 0.2) is 48.9 Å². The van der Waals surface area contributed by atoms with Gasteiger partial charge in [0.1, 0.15) is 18.1 Å². The molecule has 3 N–H and O–H groups in total. The summed E-state index contributed by atoms with van der Waals surface area (Å²) in [6.45, 7) is 7.25. The van der Waals surface area contributed by atoms with Gasteiger partial charge in [0.2, 0.25) is 5.95 Å². The van der Waals surface area contributed by atoms with Gasteiger partial charge < -0.3 is 30.4 Å². The van der Waals surface area contributed by atoms with Crippen LogP contribution in [0.25, 0.3) is 17.3 Å². The van der Waals surface area contributed by atoms with Crippen molar-refractivity contribution in [1.29, 1.82) is 0 Å². The second-order valence-corrected chi connectivity index (χ2v) is 9.77. The summed E-state index contributed by atoms with van der Waals surface area (Å²) in [6, 6.07) is 9.95. The van der Waals surface area contributed by atoms with Crippen LogP contribution in [-0.2, 0) is 16.0 Å². The maximum atomic E-state index is 11.9. The molecule has 1 saturated heterocycles. The van der Waals surface area contributed by atoms with Crippen molar-refractivity contribution in [3.63, 3.8) is 0 Å². The third-order valence-electron chi connectivity index (χ3n) is 7.26. The van der Waals surface area contributed by atoms with Crippen molar-refractivity contribution >= 4 is 29.8 Å². The van der Waals surface area contributed by atoms with Crippen molar-refractivity contribution in [2.24, 2.45) is 0 Å². The first kappa shape index (κ1) is 26.7. The number of nitrogens with one attached hydrogen (secondary N) is 3. The van der Waals surface area contributed by atoms with Gasteiger partial charge in [0.05, 0.1) is 12.3 Å². The van der Waals surface area contributed by atoms with E-state index in [9.17, 15) is 4.79 Å². The molecule has 0 aliphatic carbocycles. The molecule has 3 aromatic rings. The fraction of sp³-hybridized carbons (Fsp3) is 0.379. The number of nitrogens with zero attached hydrogens (tertiary/aromatic N) is 5. The molecule has 204 valence electrons. The third-order valence-corrected chi connectivity index (χ3v) is 7.26. The van der Waals surface area contributed by atoms with Crippen LogP contribution in [0.4, 0.5) is 17.5 Å². The van der Waals surface area contributed by atoms with Crippen LogP contribution in [-0.4, -0.2) is 91.1 Å². The van der Waals surface area contributed by atoms with Crippen LogP contribution in [0.5, 0.6) is 0 Å². The van der Waals surface area contributed by atoms with E-state index in [0.29, 0.717) is 11.8 Å². The summed E-state index contributed by atoms with van der Waals surface area (Å²) in [5.41, 5.74) is 5.48. The van der Waals surface area contributed by atoms with Gasteiger partial charge in [-0.1, -0.05) is 12.1 Å². The first-order valence-electron chi connectivity index (χ1n) is 13.4. The van der Waals surface area contributed by atoms with E-state index in [-0.39, 0.29) is 0 Å². The van der Waals surface area contributed by atoms with Gasteiger partial charge >= 0.3 is 0 Å². The summed E-state index contributed by atoms with van der Waals surface area (Å²) in [6.07, 6.45) is 9.15. The number of aldehydes is 1. The zero-order valence-corrected chi connectivity index (χ0v) is 22.6. The molecule has 2 aliphatic heterocycles. The topological polar surface area (TPSA) is 108 Å². The largest absolute Gasteiger partial charge is 0.383 e. The Morgan fingerprint density at radius 1 is 1.08 bits per heavy atom. The molecule has 0 spiro atoms. The molecule has 0 radical (unpaired) electrons. The second-order valence-electron chi connectivity index (χ2n) is 9.77. The minimum atomic E-state index is -0.480. The second kappa shape index (κ2) is 12.8. The zero-order chi connectivity index (χ0) is 27.0. The van der Waals surface area contributed by atoms with Crippen molar-refractivity contribution in [1.82, 2.24) is 30.1 Å². The number of ether oxygens (including phenoxy) is 1. The van der Waals surface area contributed by atoms with Crippen molar-refractivity contribution in [3.05, 3.63) is 65.6 Å². The molecule has 1 unspecified atom stereocenters. The Hall–Kier alpha value is -3.86. The minimum Gasteiger partial charge on any atom is -0.383 e. The van der Waals surface area contributed by atoms with Gasteiger partial charge in [-0.25, -0.2) is 15.0 Å². The molecule has 0 saturated carbocycles. The lowest BCUT2D eigenvalue weighted by atomic mass is 9.97. The predicted molar refractivity (Wildman–Crippen MR) is 154 cm³/mol. The summed E-state index contributed by atoms with van der Waals surface area (Å²) in [7, 11) is 3.54. The Bertz CT molecular complexity index is 1270. The normalized spacial score (nSPS) is 17.3. The number of aromatic nitrogens is 3. The van der Waals surface area contributed by atoms with E-state index in [1.807, 2.05) is 12.1 Å². The summed E-state index contributed by atoms with van der Waals surface area (Å²) >= 11 is 0. The van der Waals surface area contributed by atoms with E-state index in [1.54, 1.807) is 32.8 Å². The molecule has 1 atom stereocenters. The molecule has 10 nitrogen and oxygen atoms in total. The van der Waals surface area contributed by atoms with E-state index in [4.69, 9.17) is 9.72 Å². The van der Waals surface area contributed by atoms with E-state index in [1.165, 1.54) is 5.56 Å². The summed E-state index contributed by atoms with van der Waals surface area (Å²) < 4.78 is 5.20. The van der Waals surface area contributed by atoms with Crippen molar-refractivity contribution in [2.75, 3.05) is 70.7 Å². The van der Waals surface area contributed by atoms with Crippen LogP contribution in [0, 0.1) is 0 Å². The van der Waals surface area contributed by atoms with Gasteiger partial charge in [-0.15, -0.1) is 0 Å². The quantitative estimate of drug-likeness (QED) is 0.322. The van der Waals surface area contributed by atoms with E-state index in [0.717, 1.165) is 86.7 Å². The highest BCUT2D eigenvalue weighted by Crippen LogP contribution is 2.34. The number of pyridine rings is 1. The summed E-state index contributed by atoms with van der Waals surface area (Å²) in [5.74, 6) is 1.18. The lowest BCUT2D eigenvalue weighted by molar-refractivity contribution is -0.109. The lowest BCUT2D eigenvalue weighted by Gasteiger charge is -2.34. The molecule has 0 amide bonds. The van der Waals surface area contributed by atoms with Gasteiger partial charge in [0.25, 0.3) is 0 Å². The highest BCUT2D eigenvalue weighted by molar-refractivity contribution is 5.79. The standard InChI is InChI=1S/C29H36N8O2/c1-30-29-32-18-23(19-33-29)25-17-22-7-9-31-26(20-38)27(22)28(35-25)34-24-5-3-21(4-6-24)8-10-36-11-13-37(14-12-36)15-16-39-2/h3-7,9,17-20,26,31H,8,10-16H2,1-2H3,(H,34,35)(H,30,32,33). The maximum Gasteiger partial charge on any atom is 0.222 e. The number of fused-ring (bicyclic) bond motifs is 1. The number of anilines is 3. The summed E-state index contributed by atoms with van der Waals surface area (Å²) in [4.78, 5) is 30.4. The molecule has 2 aromatic heterocycles. The minimum absolute atomic E-state index is 0.480. The molecule has 2 aliphatic rings. The van der Waals surface area contributed by atoms with Gasteiger partial charge in [0, 0.05) is 82.6 Å². The Labute approximate surface area is 229 Å². The summed E-state index contributed by atoms with van der Waals surface area (Å²) in [5, 5.41) is 9.51. The van der Waals surface area contributed by atoms with Gasteiger partial charge in [-0.2, -0.15) is 0 Å². The lowest BCUT2D eigenvalue weighted by Crippen LogP contribution is -2.47. The van der Waals surface area contributed by atoms with Crippen molar-refractivity contribution in [3.8, 4) is 11.3 Å². The van der Waals surface area contributed by atoms with Crippen LogP contribution in [0.1, 0.15) is 22.7 Å². The number of rotatable bonds is 11. The van der Waals surface area contributed by atoms with Gasteiger partial charge in [-0.3, -0.25) is 4.90 Å². The molecule has 39 heavy (non-hydrogen) atoms. The number of piperazine rings is 1. The zero-order valence-electron chi connectivity index (χ0n) is 22.6. The molecular formula is C29H36N8O2. The van der Waals surface area contributed by atoms with Crippen LogP contribution >= 0.6 is 0 Å². The maximum absolute atomic E-state index is 11.9. The average Bonchev–Trinajstić information content (AvgIpc) is 2.99. The van der Waals surface area contributed by atoms with Gasteiger partial charge in [-0.05, 0) is 48.0 Å². The molecule has 10 heteroatoms. The third kappa shape index (κ3) is 6.59. The highest BCUT2D eigenvalue weighted by atomic mass is 16.5. The van der Waals surface area contributed by atoms with Crippen LogP contribution in [0.2, 0.25) is 0 Å². The fourth-order valence-corrected chi connectivity index (χ4v) is 4.94. The van der Waals surface area contributed by atoms with E-state index < -0.39 is 6.04 Å². The molecule has 5 rings (SSSR count). The van der Waals surface area contributed by atoms with Crippen LogP contribution < -0.4 is 16.0 Å². The Balaban J connectivity index is 1.28. The Morgan fingerprint density at radius 3 is 2.46 bits per heavy atom. The number of carbonyl (C=O) groups is 1. The van der Waals surface area contributed by atoms with E-state index >= 15 is 0 Å². The molecule has 1 aromatic carbocycles. The molecule has 1 fully saturated rings. The van der Waals surface area contributed by atoms with Crippen LogP contribution in [0.3, 0.4) is 0 Å². The number of hydrogen-bond acceptors (Lipinski definition) is 10.